The molecule has 7 nitrogen and oxygen atoms in total. The van der Waals surface area contributed by atoms with Gasteiger partial charge in [0.1, 0.15) is 6.04 Å². The lowest BCUT2D eigenvalue weighted by molar-refractivity contribution is -0.140. The SMILES string of the molecule is CCC1CCCCCN1C(=O)N[C@@H](CCC(=O)O)C(=O)O. The highest BCUT2D eigenvalue weighted by molar-refractivity contribution is 5.83. The summed E-state index contributed by atoms with van der Waals surface area (Å²) in [5.41, 5.74) is 0. The van der Waals surface area contributed by atoms with Gasteiger partial charge in [0.15, 0.2) is 0 Å². The van der Waals surface area contributed by atoms with Gasteiger partial charge in [-0.2, -0.15) is 0 Å². The molecule has 0 aromatic heterocycles. The molecule has 1 fully saturated rings. The molecule has 0 saturated carbocycles. The van der Waals surface area contributed by atoms with Crippen LogP contribution >= 0.6 is 0 Å². The molecule has 1 rings (SSSR count). The first-order valence-corrected chi connectivity index (χ1v) is 7.47. The van der Waals surface area contributed by atoms with Crippen molar-refractivity contribution in [2.75, 3.05) is 6.54 Å². The summed E-state index contributed by atoms with van der Waals surface area (Å²) in [5.74, 6) is -2.27. The van der Waals surface area contributed by atoms with E-state index in [4.69, 9.17) is 10.2 Å². The highest BCUT2D eigenvalue weighted by atomic mass is 16.4. The number of carbonyl (C=O) groups excluding carboxylic acids is 1. The van der Waals surface area contributed by atoms with E-state index < -0.39 is 24.0 Å². The van der Waals surface area contributed by atoms with Gasteiger partial charge in [-0.1, -0.05) is 19.8 Å². The minimum Gasteiger partial charge on any atom is -0.481 e. The van der Waals surface area contributed by atoms with Gasteiger partial charge in [-0.05, 0) is 25.7 Å². The zero-order chi connectivity index (χ0) is 15.8. The van der Waals surface area contributed by atoms with E-state index in [0.717, 1.165) is 32.1 Å². The molecule has 2 atom stereocenters. The van der Waals surface area contributed by atoms with E-state index >= 15 is 0 Å². The van der Waals surface area contributed by atoms with E-state index in [9.17, 15) is 14.4 Å². The summed E-state index contributed by atoms with van der Waals surface area (Å²) >= 11 is 0. The molecule has 0 radical (unpaired) electrons. The summed E-state index contributed by atoms with van der Waals surface area (Å²) in [6.07, 6.45) is 4.43. The summed E-state index contributed by atoms with van der Waals surface area (Å²) in [6.45, 7) is 2.63. The Balaban J connectivity index is 2.65. The first kappa shape index (κ1) is 17.3. The maximum Gasteiger partial charge on any atom is 0.326 e. The van der Waals surface area contributed by atoms with Crippen LogP contribution in [0.4, 0.5) is 4.79 Å². The van der Waals surface area contributed by atoms with Crippen molar-refractivity contribution in [1.82, 2.24) is 10.2 Å². The fourth-order valence-corrected chi connectivity index (χ4v) is 2.63. The molecule has 0 aromatic rings. The standard InChI is InChI=1S/C14H24N2O5/c1-2-10-6-4-3-5-9-16(10)14(21)15-11(13(19)20)7-8-12(17)18/h10-11H,2-9H2,1H3,(H,15,21)(H,17,18)(H,19,20)/t10?,11-/m0/s1. The second kappa shape index (κ2) is 8.49. The number of nitrogens with zero attached hydrogens (tertiary/aromatic N) is 1. The molecule has 1 saturated heterocycles. The molecular weight excluding hydrogens is 276 g/mol. The first-order valence-electron chi connectivity index (χ1n) is 7.47. The van der Waals surface area contributed by atoms with Crippen LogP contribution in [0.15, 0.2) is 0 Å². The van der Waals surface area contributed by atoms with Crippen LogP contribution in [0.25, 0.3) is 0 Å². The Labute approximate surface area is 124 Å². The van der Waals surface area contributed by atoms with Crippen LogP contribution in [0.3, 0.4) is 0 Å². The van der Waals surface area contributed by atoms with Gasteiger partial charge in [0.25, 0.3) is 0 Å². The number of carboxylic acid groups (broad SMARTS) is 2. The number of aliphatic carboxylic acids is 2. The van der Waals surface area contributed by atoms with Crippen molar-refractivity contribution in [3.8, 4) is 0 Å². The predicted octanol–water partition coefficient (Wildman–Crippen LogP) is 1.67. The van der Waals surface area contributed by atoms with Crippen LogP contribution in [-0.2, 0) is 9.59 Å². The van der Waals surface area contributed by atoms with Crippen molar-refractivity contribution < 1.29 is 24.6 Å². The molecule has 0 spiro atoms. The number of likely N-dealkylation sites (tertiary alicyclic amines) is 1. The number of hydrogen-bond acceptors (Lipinski definition) is 3. The molecular formula is C14H24N2O5. The van der Waals surface area contributed by atoms with Crippen LogP contribution < -0.4 is 5.32 Å². The minimum absolute atomic E-state index is 0.110. The Bertz CT molecular complexity index is 386. The highest BCUT2D eigenvalue weighted by Gasteiger charge is 2.28. The second-order valence-corrected chi connectivity index (χ2v) is 5.38. The Morgan fingerprint density at radius 3 is 2.52 bits per heavy atom. The third kappa shape index (κ3) is 5.61. The van der Waals surface area contributed by atoms with E-state index in [1.807, 2.05) is 6.92 Å². The molecule has 0 bridgehead atoms. The molecule has 1 aliphatic rings. The molecule has 1 heterocycles. The number of carboxylic acids is 2. The van der Waals surface area contributed by atoms with Crippen molar-refractivity contribution in [3.05, 3.63) is 0 Å². The Hall–Kier alpha value is -1.79. The maximum atomic E-state index is 12.3. The smallest absolute Gasteiger partial charge is 0.326 e. The van der Waals surface area contributed by atoms with E-state index in [1.165, 1.54) is 0 Å². The molecule has 0 aliphatic carbocycles. The van der Waals surface area contributed by atoms with Crippen LogP contribution in [-0.4, -0.2) is 51.7 Å². The van der Waals surface area contributed by atoms with E-state index in [2.05, 4.69) is 5.32 Å². The van der Waals surface area contributed by atoms with E-state index in [1.54, 1.807) is 4.90 Å². The number of nitrogens with one attached hydrogen (secondary N) is 1. The zero-order valence-electron chi connectivity index (χ0n) is 12.4. The Kier molecular flexibility index (Phi) is 6.98. The van der Waals surface area contributed by atoms with Crippen LogP contribution in [0.2, 0.25) is 0 Å². The fourth-order valence-electron chi connectivity index (χ4n) is 2.63. The van der Waals surface area contributed by atoms with Gasteiger partial charge in [0.05, 0.1) is 0 Å². The van der Waals surface area contributed by atoms with Gasteiger partial charge in [-0.3, -0.25) is 4.79 Å². The lowest BCUT2D eigenvalue weighted by Gasteiger charge is -2.30. The maximum absolute atomic E-state index is 12.3. The van der Waals surface area contributed by atoms with Crippen molar-refractivity contribution in [3.63, 3.8) is 0 Å². The third-order valence-corrected chi connectivity index (χ3v) is 3.85. The first-order chi connectivity index (χ1) is 9.95. The molecule has 21 heavy (non-hydrogen) atoms. The van der Waals surface area contributed by atoms with Gasteiger partial charge in [-0.25, -0.2) is 9.59 Å². The van der Waals surface area contributed by atoms with Gasteiger partial charge < -0.3 is 20.4 Å². The summed E-state index contributed by atoms with van der Waals surface area (Å²) in [7, 11) is 0. The zero-order valence-corrected chi connectivity index (χ0v) is 12.4. The summed E-state index contributed by atoms with van der Waals surface area (Å²) < 4.78 is 0. The second-order valence-electron chi connectivity index (χ2n) is 5.38. The average molecular weight is 300 g/mol. The normalized spacial score (nSPS) is 20.4. The molecule has 120 valence electrons. The average Bonchev–Trinajstić information content (AvgIpc) is 2.67. The van der Waals surface area contributed by atoms with Crippen molar-refractivity contribution >= 4 is 18.0 Å². The molecule has 1 aliphatic heterocycles. The lowest BCUT2D eigenvalue weighted by atomic mass is 10.1. The van der Waals surface area contributed by atoms with Crippen molar-refractivity contribution in [2.45, 2.75) is 64.0 Å². The van der Waals surface area contributed by atoms with Crippen LogP contribution in [0.5, 0.6) is 0 Å². The lowest BCUT2D eigenvalue weighted by Crippen LogP contribution is -2.51. The number of carbonyl (C=O) groups is 3. The summed E-state index contributed by atoms with van der Waals surface area (Å²) in [4.78, 5) is 35.6. The van der Waals surface area contributed by atoms with Gasteiger partial charge in [-0.15, -0.1) is 0 Å². The minimum atomic E-state index is -1.20. The predicted molar refractivity (Wildman–Crippen MR) is 76.1 cm³/mol. The fraction of sp³-hybridized carbons (Fsp3) is 0.786. The topological polar surface area (TPSA) is 107 Å². The number of amides is 2. The number of hydrogen-bond donors (Lipinski definition) is 3. The van der Waals surface area contributed by atoms with E-state index in [0.29, 0.717) is 6.54 Å². The summed E-state index contributed by atoms with van der Waals surface area (Å²) in [5, 5.41) is 20.2. The van der Waals surface area contributed by atoms with Crippen molar-refractivity contribution in [1.29, 1.82) is 0 Å². The summed E-state index contributed by atoms with van der Waals surface area (Å²) in [6, 6.07) is -1.43. The van der Waals surface area contributed by atoms with Crippen LogP contribution in [0, 0.1) is 0 Å². The molecule has 2 amide bonds. The van der Waals surface area contributed by atoms with Gasteiger partial charge in [0.2, 0.25) is 0 Å². The Morgan fingerprint density at radius 2 is 1.95 bits per heavy atom. The van der Waals surface area contributed by atoms with E-state index in [-0.39, 0.29) is 18.9 Å². The quantitative estimate of drug-likeness (QED) is 0.691. The van der Waals surface area contributed by atoms with Gasteiger partial charge in [0, 0.05) is 19.0 Å². The van der Waals surface area contributed by atoms with Crippen LogP contribution in [0.1, 0.15) is 51.9 Å². The van der Waals surface area contributed by atoms with Gasteiger partial charge >= 0.3 is 18.0 Å². The van der Waals surface area contributed by atoms with Crippen molar-refractivity contribution in [2.24, 2.45) is 0 Å². The molecule has 0 aromatic carbocycles. The molecule has 3 N–H and O–H groups in total. The molecule has 1 unspecified atom stereocenters. The highest BCUT2D eigenvalue weighted by Crippen LogP contribution is 2.19. The molecule has 7 heteroatoms. The number of urea groups is 1. The monoisotopic (exact) mass is 300 g/mol. The number of rotatable bonds is 6. The largest absolute Gasteiger partial charge is 0.481 e. The Morgan fingerprint density at radius 1 is 1.24 bits per heavy atom. The third-order valence-electron chi connectivity index (χ3n) is 3.85.